The Morgan fingerprint density at radius 1 is 1.36 bits per heavy atom. The molecule has 14 heavy (non-hydrogen) atoms. The lowest BCUT2D eigenvalue weighted by atomic mass is 10.1. The largest absolute Gasteiger partial charge is 0.453 e. The third kappa shape index (κ3) is 1.43. The Kier molecular flexibility index (Phi) is 2.12. The normalized spacial score (nSPS) is 10.7. The van der Waals surface area contributed by atoms with Gasteiger partial charge in [0.1, 0.15) is 5.58 Å². The Morgan fingerprint density at radius 2 is 2.14 bits per heavy atom. The highest BCUT2D eigenvalue weighted by Crippen LogP contribution is 2.21. The van der Waals surface area contributed by atoms with Crippen molar-refractivity contribution in [2.75, 3.05) is 0 Å². The van der Waals surface area contributed by atoms with E-state index in [9.17, 15) is 4.79 Å². The third-order valence-corrected chi connectivity index (χ3v) is 2.34. The highest BCUT2D eigenvalue weighted by molar-refractivity contribution is 5.96. The fraction of sp³-hybridized carbons (Fsp3) is 0.250. The smallest absolute Gasteiger partial charge is 0.194 e. The molecule has 0 atom stereocenters. The monoisotopic (exact) mass is 188 g/mol. The number of carbonyl (C=O) groups excluding carboxylic acids is 1. The second kappa shape index (κ2) is 3.29. The van der Waals surface area contributed by atoms with Crippen LogP contribution in [0.4, 0.5) is 0 Å². The van der Waals surface area contributed by atoms with E-state index in [0.29, 0.717) is 5.76 Å². The SMILES string of the molecule is CCc1ccc2oc(C(C)=O)cc2c1. The highest BCUT2D eigenvalue weighted by Gasteiger charge is 2.07. The van der Waals surface area contributed by atoms with Crippen molar-refractivity contribution in [3.8, 4) is 0 Å². The van der Waals surface area contributed by atoms with Crippen LogP contribution in [0, 0.1) is 0 Å². The number of fused-ring (bicyclic) bond motifs is 1. The molecule has 0 N–H and O–H groups in total. The predicted octanol–water partition coefficient (Wildman–Crippen LogP) is 3.20. The molecule has 72 valence electrons. The maximum absolute atomic E-state index is 11.1. The number of ketones is 1. The van der Waals surface area contributed by atoms with Crippen molar-refractivity contribution in [1.29, 1.82) is 0 Å². The molecule has 0 unspecified atom stereocenters. The van der Waals surface area contributed by atoms with Crippen molar-refractivity contribution < 1.29 is 9.21 Å². The zero-order valence-corrected chi connectivity index (χ0v) is 8.33. The number of Topliss-reactive ketones (excluding diaryl/α,β-unsaturated/α-hetero) is 1. The van der Waals surface area contributed by atoms with Crippen molar-refractivity contribution in [2.24, 2.45) is 0 Å². The molecule has 2 heteroatoms. The third-order valence-electron chi connectivity index (χ3n) is 2.34. The van der Waals surface area contributed by atoms with Crippen LogP contribution in [0.15, 0.2) is 28.7 Å². The van der Waals surface area contributed by atoms with Crippen LogP contribution in [0.25, 0.3) is 11.0 Å². The number of furan rings is 1. The van der Waals surface area contributed by atoms with Gasteiger partial charge < -0.3 is 4.42 Å². The van der Waals surface area contributed by atoms with Crippen molar-refractivity contribution >= 4 is 16.8 Å². The summed E-state index contributed by atoms with van der Waals surface area (Å²) in [6.45, 7) is 3.62. The summed E-state index contributed by atoms with van der Waals surface area (Å²) in [5, 5.41) is 1.01. The van der Waals surface area contributed by atoms with Crippen molar-refractivity contribution in [3.05, 3.63) is 35.6 Å². The zero-order chi connectivity index (χ0) is 10.1. The van der Waals surface area contributed by atoms with Gasteiger partial charge in [0.15, 0.2) is 11.5 Å². The van der Waals surface area contributed by atoms with Crippen LogP contribution in [-0.2, 0) is 6.42 Å². The van der Waals surface area contributed by atoms with Crippen LogP contribution >= 0.6 is 0 Å². The number of hydrogen-bond acceptors (Lipinski definition) is 2. The van der Waals surface area contributed by atoms with Crippen LogP contribution in [0.1, 0.15) is 30.0 Å². The van der Waals surface area contributed by atoms with E-state index in [2.05, 4.69) is 13.0 Å². The molecule has 0 amide bonds. The lowest BCUT2D eigenvalue weighted by Gasteiger charge is -1.93. The van der Waals surface area contributed by atoms with Gasteiger partial charge in [-0.3, -0.25) is 4.79 Å². The zero-order valence-electron chi connectivity index (χ0n) is 8.33. The molecule has 0 saturated carbocycles. The molecule has 0 bridgehead atoms. The Bertz CT molecular complexity index is 480. The van der Waals surface area contributed by atoms with E-state index in [4.69, 9.17) is 4.42 Å². The summed E-state index contributed by atoms with van der Waals surface area (Å²) in [4.78, 5) is 11.1. The van der Waals surface area contributed by atoms with E-state index in [0.717, 1.165) is 17.4 Å². The number of hydrogen-bond donors (Lipinski definition) is 0. The maximum atomic E-state index is 11.1. The van der Waals surface area contributed by atoms with Gasteiger partial charge in [-0.05, 0) is 30.2 Å². The summed E-state index contributed by atoms with van der Waals surface area (Å²) in [5.74, 6) is 0.410. The predicted molar refractivity (Wildman–Crippen MR) is 55.6 cm³/mol. The molecule has 0 saturated heterocycles. The maximum Gasteiger partial charge on any atom is 0.194 e. The van der Waals surface area contributed by atoms with E-state index in [1.165, 1.54) is 12.5 Å². The minimum Gasteiger partial charge on any atom is -0.453 e. The van der Waals surface area contributed by atoms with Crippen molar-refractivity contribution in [2.45, 2.75) is 20.3 Å². The second-order valence-electron chi connectivity index (χ2n) is 3.39. The molecule has 2 nitrogen and oxygen atoms in total. The van der Waals surface area contributed by atoms with Gasteiger partial charge in [0.2, 0.25) is 0 Å². The van der Waals surface area contributed by atoms with Gasteiger partial charge >= 0.3 is 0 Å². The molecule has 0 aliphatic rings. The van der Waals surface area contributed by atoms with Gasteiger partial charge in [0, 0.05) is 12.3 Å². The number of carbonyl (C=O) groups is 1. The summed E-state index contributed by atoms with van der Waals surface area (Å²) in [7, 11) is 0. The van der Waals surface area contributed by atoms with Gasteiger partial charge in [-0.1, -0.05) is 13.0 Å². The van der Waals surface area contributed by atoms with Crippen LogP contribution < -0.4 is 0 Å². The standard InChI is InChI=1S/C12H12O2/c1-3-9-4-5-11-10(6-9)7-12(14-11)8(2)13/h4-7H,3H2,1-2H3. The lowest BCUT2D eigenvalue weighted by molar-refractivity contribution is 0.0989. The summed E-state index contributed by atoms with van der Waals surface area (Å²) in [5.41, 5.74) is 2.04. The van der Waals surface area contributed by atoms with E-state index < -0.39 is 0 Å². The van der Waals surface area contributed by atoms with Gasteiger partial charge in [-0.2, -0.15) is 0 Å². The van der Waals surface area contributed by atoms with Gasteiger partial charge in [0.25, 0.3) is 0 Å². The molecule has 0 fully saturated rings. The first-order valence-electron chi connectivity index (χ1n) is 4.74. The van der Waals surface area contributed by atoms with Gasteiger partial charge in [-0.15, -0.1) is 0 Å². The summed E-state index contributed by atoms with van der Waals surface area (Å²) < 4.78 is 5.38. The minimum absolute atomic E-state index is 0.0285. The van der Waals surface area contributed by atoms with E-state index in [-0.39, 0.29) is 5.78 Å². The number of aryl methyl sites for hydroxylation is 1. The average molecular weight is 188 g/mol. The Labute approximate surface area is 82.5 Å². The van der Waals surface area contributed by atoms with Gasteiger partial charge in [0.05, 0.1) is 0 Å². The topological polar surface area (TPSA) is 30.2 Å². The van der Waals surface area contributed by atoms with E-state index in [1.807, 2.05) is 12.1 Å². The van der Waals surface area contributed by atoms with Crippen LogP contribution in [-0.4, -0.2) is 5.78 Å². The summed E-state index contributed by atoms with van der Waals surface area (Å²) in [6.07, 6.45) is 0.997. The quantitative estimate of drug-likeness (QED) is 0.677. The fourth-order valence-electron chi connectivity index (χ4n) is 1.49. The minimum atomic E-state index is -0.0285. The van der Waals surface area contributed by atoms with Crippen LogP contribution in [0.3, 0.4) is 0 Å². The summed E-state index contributed by atoms with van der Waals surface area (Å²) >= 11 is 0. The van der Waals surface area contributed by atoms with Gasteiger partial charge in [-0.25, -0.2) is 0 Å². The Balaban J connectivity index is 2.60. The first-order chi connectivity index (χ1) is 6.70. The molecule has 0 spiro atoms. The molecule has 1 aromatic carbocycles. The molecule has 0 radical (unpaired) electrons. The highest BCUT2D eigenvalue weighted by atomic mass is 16.3. The van der Waals surface area contributed by atoms with Crippen molar-refractivity contribution in [1.82, 2.24) is 0 Å². The van der Waals surface area contributed by atoms with E-state index in [1.54, 1.807) is 6.07 Å². The first kappa shape index (κ1) is 9.00. The van der Waals surface area contributed by atoms with E-state index >= 15 is 0 Å². The molecule has 0 aliphatic heterocycles. The molecular weight excluding hydrogens is 176 g/mol. The fourth-order valence-corrected chi connectivity index (χ4v) is 1.49. The Morgan fingerprint density at radius 3 is 2.79 bits per heavy atom. The van der Waals surface area contributed by atoms with Crippen LogP contribution in [0.2, 0.25) is 0 Å². The second-order valence-corrected chi connectivity index (χ2v) is 3.39. The lowest BCUT2D eigenvalue weighted by Crippen LogP contribution is -1.85. The molecule has 2 aromatic rings. The average Bonchev–Trinajstić information content (AvgIpc) is 2.59. The Hall–Kier alpha value is -1.57. The molecule has 2 rings (SSSR count). The van der Waals surface area contributed by atoms with Crippen molar-refractivity contribution in [3.63, 3.8) is 0 Å². The number of benzene rings is 1. The molecule has 0 aliphatic carbocycles. The molecular formula is C12H12O2. The number of rotatable bonds is 2. The van der Waals surface area contributed by atoms with Crippen LogP contribution in [0.5, 0.6) is 0 Å². The summed E-state index contributed by atoms with van der Waals surface area (Å²) in [6, 6.07) is 7.80. The molecule has 1 heterocycles. The molecule has 1 aromatic heterocycles. The first-order valence-corrected chi connectivity index (χ1v) is 4.74.